The molecule has 0 aliphatic heterocycles. The fraction of sp³-hybridized carbons (Fsp3) is 0.125. The topological polar surface area (TPSA) is 63.8 Å². The highest BCUT2D eigenvalue weighted by Gasteiger charge is 2.05. The molecule has 5 nitrogen and oxygen atoms in total. The molecule has 0 aliphatic carbocycles. The first-order chi connectivity index (χ1) is 7.25. The Morgan fingerprint density at radius 1 is 1.47 bits per heavy atom. The van der Waals surface area contributed by atoms with Gasteiger partial charge in [0.1, 0.15) is 0 Å². The number of hydrogen-bond acceptors (Lipinski definition) is 5. The van der Waals surface area contributed by atoms with Crippen LogP contribution in [0.2, 0.25) is 5.02 Å². The van der Waals surface area contributed by atoms with E-state index in [2.05, 4.69) is 25.0 Å². The Morgan fingerprint density at radius 2 is 2.33 bits per heavy atom. The van der Waals surface area contributed by atoms with Crippen molar-refractivity contribution in [3.63, 3.8) is 0 Å². The molecule has 1 N–H and O–H groups in total. The summed E-state index contributed by atoms with van der Waals surface area (Å²) >= 11 is 5.55. The van der Waals surface area contributed by atoms with Crippen LogP contribution in [-0.4, -0.2) is 15.1 Å². The molecule has 78 valence electrons. The van der Waals surface area contributed by atoms with Crippen molar-refractivity contribution in [1.29, 1.82) is 0 Å². The van der Waals surface area contributed by atoms with Crippen LogP contribution in [0.3, 0.4) is 0 Å². The summed E-state index contributed by atoms with van der Waals surface area (Å²) in [5, 5.41) is 6.51. The third-order valence-electron chi connectivity index (χ3n) is 1.63. The third kappa shape index (κ3) is 2.41. The van der Waals surface area contributed by atoms with Gasteiger partial charge in [0.05, 0.1) is 11.6 Å². The zero-order valence-electron chi connectivity index (χ0n) is 7.44. The van der Waals surface area contributed by atoms with E-state index in [1.807, 2.05) is 0 Å². The maximum atomic E-state index is 13.2. The highest BCUT2D eigenvalue weighted by molar-refractivity contribution is 6.30. The first-order valence-electron chi connectivity index (χ1n) is 4.06. The Labute approximate surface area is 89.3 Å². The minimum atomic E-state index is -0.522. The third-order valence-corrected chi connectivity index (χ3v) is 1.84. The molecule has 15 heavy (non-hydrogen) atoms. The van der Waals surface area contributed by atoms with Gasteiger partial charge in [0.15, 0.2) is 17.5 Å². The van der Waals surface area contributed by atoms with Gasteiger partial charge in [-0.05, 0) is 6.07 Å². The van der Waals surface area contributed by atoms with Crippen LogP contribution < -0.4 is 5.32 Å². The summed E-state index contributed by atoms with van der Waals surface area (Å²) in [6.07, 6.45) is 2.55. The van der Waals surface area contributed by atoms with Crippen LogP contribution in [0.1, 0.15) is 5.82 Å². The van der Waals surface area contributed by atoms with Gasteiger partial charge in [0, 0.05) is 6.20 Å². The van der Waals surface area contributed by atoms with Crippen molar-refractivity contribution in [2.45, 2.75) is 6.54 Å². The van der Waals surface area contributed by atoms with E-state index in [-0.39, 0.29) is 17.4 Å². The van der Waals surface area contributed by atoms with Gasteiger partial charge in [-0.25, -0.2) is 9.37 Å². The van der Waals surface area contributed by atoms with Gasteiger partial charge in [-0.2, -0.15) is 4.98 Å². The van der Waals surface area contributed by atoms with Gasteiger partial charge in [0.2, 0.25) is 6.39 Å². The largest absolute Gasteiger partial charge is 0.360 e. The molecule has 0 amide bonds. The lowest BCUT2D eigenvalue weighted by Crippen LogP contribution is -2.04. The Bertz CT molecular complexity index is 448. The Hall–Kier alpha value is -1.69. The van der Waals surface area contributed by atoms with E-state index in [1.54, 1.807) is 0 Å². The van der Waals surface area contributed by atoms with E-state index in [0.717, 1.165) is 0 Å². The number of anilines is 1. The molecule has 2 rings (SSSR count). The lowest BCUT2D eigenvalue weighted by atomic mass is 10.4. The molecule has 0 aliphatic rings. The van der Waals surface area contributed by atoms with E-state index in [0.29, 0.717) is 5.82 Å². The molecule has 2 aromatic heterocycles. The summed E-state index contributed by atoms with van der Waals surface area (Å²) < 4.78 is 17.7. The van der Waals surface area contributed by atoms with E-state index in [4.69, 9.17) is 11.6 Å². The molecule has 0 bridgehead atoms. The van der Waals surface area contributed by atoms with Gasteiger partial charge in [0.25, 0.3) is 0 Å². The SMILES string of the molecule is Fc1cc(Cl)cnc1NCc1ncon1. The second kappa shape index (κ2) is 4.22. The molecule has 0 spiro atoms. The molecule has 0 aromatic carbocycles. The van der Waals surface area contributed by atoms with Crippen molar-refractivity contribution in [3.05, 3.63) is 35.3 Å². The maximum Gasteiger partial charge on any atom is 0.213 e. The predicted octanol–water partition coefficient (Wildman–Crippen LogP) is 1.87. The summed E-state index contributed by atoms with van der Waals surface area (Å²) in [6, 6.07) is 1.17. The molecule has 0 atom stereocenters. The molecule has 0 radical (unpaired) electrons. The van der Waals surface area contributed by atoms with Crippen molar-refractivity contribution < 1.29 is 8.91 Å². The molecule has 7 heteroatoms. The zero-order chi connectivity index (χ0) is 10.7. The second-order valence-corrected chi connectivity index (χ2v) is 3.12. The van der Waals surface area contributed by atoms with Gasteiger partial charge < -0.3 is 9.84 Å². The van der Waals surface area contributed by atoms with Crippen molar-refractivity contribution in [1.82, 2.24) is 15.1 Å². The highest BCUT2D eigenvalue weighted by Crippen LogP contribution is 2.15. The summed E-state index contributed by atoms with van der Waals surface area (Å²) in [6.45, 7) is 0.238. The van der Waals surface area contributed by atoms with Crippen molar-refractivity contribution in [2.75, 3.05) is 5.32 Å². The normalized spacial score (nSPS) is 10.3. The number of nitrogens with one attached hydrogen (secondary N) is 1. The van der Waals surface area contributed by atoms with Crippen LogP contribution in [0, 0.1) is 5.82 Å². The maximum absolute atomic E-state index is 13.2. The predicted molar refractivity (Wildman–Crippen MR) is 50.8 cm³/mol. The lowest BCUT2D eigenvalue weighted by Gasteiger charge is -2.03. The van der Waals surface area contributed by atoms with Crippen LogP contribution in [-0.2, 0) is 6.54 Å². The number of halogens is 2. The molecule has 0 saturated carbocycles. The smallest absolute Gasteiger partial charge is 0.213 e. The van der Waals surface area contributed by atoms with Crippen LogP contribution in [0.5, 0.6) is 0 Å². The van der Waals surface area contributed by atoms with Gasteiger partial charge in [-0.15, -0.1) is 0 Å². The number of aromatic nitrogens is 3. The van der Waals surface area contributed by atoms with Gasteiger partial charge in [-0.1, -0.05) is 16.8 Å². The fourth-order valence-electron chi connectivity index (χ4n) is 0.978. The molecule has 2 heterocycles. The zero-order valence-corrected chi connectivity index (χ0v) is 8.20. The van der Waals surface area contributed by atoms with Gasteiger partial charge in [-0.3, -0.25) is 0 Å². The highest BCUT2D eigenvalue weighted by atomic mass is 35.5. The van der Waals surface area contributed by atoms with E-state index >= 15 is 0 Å². The first-order valence-corrected chi connectivity index (χ1v) is 4.43. The monoisotopic (exact) mass is 228 g/mol. The quantitative estimate of drug-likeness (QED) is 0.869. The standard InChI is InChI=1S/C8H6ClFN4O/c9-5-1-6(10)8(11-2-5)12-3-7-13-4-15-14-7/h1-2,4H,3H2,(H,11,12). The number of nitrogens with zero attached hydrogens (tertiary/aromatic N) is 3. The first kappa shape index (κ1) is 9.85. The molecule has 0 saturated heterocycles. The molecule has 0 fully saturated rings. The van der Waals surface area contributed by atoms with E-state index in [9.17, 15) is 4.39 Å². The fourth-order valence-corrected chi connectivity index (χ4v) is 1.12. The van der Waals surface area contributed by atoms with Crippen LogP contribution >= 0.6 is 11.6 Å². The summed E-state index contributed by atoms with van der Waals surface area (Å²) in [5.74, 6) is 0.00125. The summed E-state index contributed by atoms with van der Waals surface area (Å²) in [7, 11) is 0. The molecule has 0 unspecified atom stereocenters. The van der Waals surface area contributed by atoms with Crippen LogP contribution in [0.15, 0.2) is 23.2 Å². The summed E-state index contributed by atoms with van der Waals surface area (Å²) in [5.41, 5.74) is 0. The minimum absolute atomic E-state index is 0.101. The van der Waals surface area contributed by atoms with E-state index in [1.165, 1.54) is 18.7 Å². The number of pyridine rings is 1. The Kier molecular flexibility index (Phi) is 2.77. The van der Waals surface area contributed by atoms with Crippen LogP contribution in [0.25, 0.3) is 0 Å². The van der Waals surface area contributed by atoms with Crippen molar-refractivity contribution in [2.24, 2.45) is 0 Å². The Balaban J connectivity index is 2.05. The average molecular weight is 229 g/mol. The molecular weight excluding hydrogens is 223 g/mol. The molecule has 2 aromatic rings. The van der Waals surface area contributed by atoms with Crippen molar-refractivity contribution >= 4 is 17.4 Å². The Morgan fingerprint density at radius 3 is 3.00 bits per heavy atom. The average Bonchev–Trinajstić information content (AvgIpc) is 2.69. The summed E-state index contributed by atoms with van der Waals surface area (Å²) in [4.78, 5) is 7.53. The van der Waals surface area contributed by atoms with Gasteiger partial charge >= 0.3 is 0 Å². The number of hydrogen-bond donors (Lipinski definition) is 1. The molecular formula is C8H6ClFN4O. The second-order valence-electron chi connectivity index (χ2n) is 2.68. The van der Waals surface area contributed by atoms with E-state index < -0.39 is 5.82 Å². The minimum Gasteiger partial charge on any atom is -0.360 e. The van der Waals surface area contributed by atoms with Crippen molar-refractivity contribution in [3.8, 4) is 0 Å². The number of rotatable bonds is 3. The lowest BCUT2D eigenvalue weighted by molar-refractivity contribution is 0.411. The van der Waals surface area contributed by atoms with Crippen LogP contribution in [0.4, 0.5) is 10.2 Å².